The lowest BCUT2D eigenvalue weighted by Gasteiger charge is -2.14. The number of carbonyl (C=O) groups is 1. The molecular weight excluding hydrogens is 406 g/mol. The van der Waals surface area contributed by atoms with Crippen LogP contribution in [0.2, 0.25) is 5.02 Å². The molecule has 0 aliphatic carbocycles. The van der Waals surface area contributed by atoms with Crippen LogP contribution in [0.3, 0.4) is 0 Å². The predicted molar refractivity (Wildman–Crippen MR) is 116 cm³/mol. The molecule has 4 aromatic rings. The SMILES string of the molecule is C[C@H](Cc1ccco1)NC(=O)Cn1cccc1-c1nc(-c2ccc(Cl)cc2)cs1. The van der Waals surface area contributed by atoms with Crippen LogP contribution >= 0.6 is 22.9 Å². The molecule has 4 rings (SSSR count). The van der Waals surface area contributed by atoms with Crippen LogP contribution in [0.1, 0.15) is 12.7 Å². The van der Waals surface area contributed by atoms with Gasteiger partial charge in [-0.15, -0.1) is 11.3 Å². The number of rotatable bonds is 7. The highest BCUT2D eigenvalue weighted by Gasteiger charge is 2.14. The van der Waals surface area contributed by atoms with Crippen molar-refractivity contribution in [3.63, 3.8) is 0 Å². The van der Waals surface area contributed by atoms with E-state index in [1.807, 2.05) is 71.6 Å². The van der Waals surface area contributed by atoms with Crippen molar-refractivity contribution in [3.8, 4) is 22.0 Å². The number of hydrogen-bond donors (Lipinski definition) is 1. The van der Waals surface area contributed by atoms with Crippen LogP contribution in [-0.4, -0.2) is 21.5 Å². The maximum absolute atomic E-state index is 12.5. The molecule has 0 fully saturated rings. The number of benzene rings is 1. The Morgan fingerprint density at radius 3 is 2.83 bits per heavy atom. The van der Waals surface area contributed by atoms with Crippen LogP contribution in [0.5, 0.6) is 0 Å². The molecule has 29 heavy (non-hydrogen) atoms. The van der Waals surface area contributed by atoms with Crippen LogP contribution in [0, 0.1) is 0 Å². The zero-order valence-corrected chi connectivity index (χ0v) is 17.4. The van der Waals surface area contributed by atoms with Crippen molar-refractivity contribution in [2.75, 3.05) is 0 Å². The highest BCUT2D eigenvalue weighted by Crippen LogP contribution is 2.29. The molecule has 1 N–H and O–H groups in total. The van der Waals surface area contributed by atoms with Crippen molar-refractivity contribution in [1.29, 1.82) is 0 Å². The molecule has 3 heterocycles. The van der Waals surface area contributed by atoms with E-state index in [1.165, 1.54) is 0 Å². The van der Waals surface area contributed by atoms with E-state index in [4.69, 9.17) is 21.0 Å². The number of thiazole rings is 1. The maximum Gasteiger partial charge on any atom is 0.240 e. The topological polar surface area (TPSA) is 60.1 Å². The van der Waals surface area contributed by atoms with Crippen LogP contribution < -0.4 is 5.32 Å². The standard InChI is InChI=1S/C22H20ClN3O2S/c1-15(12-18-4-3-11-28-18)24-21(27)13-26-10-2-5-20(26)22-25-19(14-29-22)16-6-8-17(23)9-7-16/h2-11,14-15H,12-13H2,1H3,(H,24,27)/t15-/m1/s1. The number of amides is 1. The molecule has 0 saturated carbocycles. The summed E-state index contributed by atoms with van der Waals surface area (Å²) in [4.78, 5) is 17.2. The zero-order valence-electron chi connectivity index (χ0n) is 15.8. The minimum Gasteiger partial charge on any atom is -0.469 e. The van der Waals surface area contributed by atoms with E-state index in [9.17, 15) is 4.79 Å². The second-order valence-electron chi connectivity index (χ2n) is 6.82. The van der Waals surface area contributed by atoms with Gasteiger partial charge in [0.25, 0.3) is 0 Å². The first-order valence-corrected chi connectivity index (χ1v) is 10.5. The molecule has 0 bridgehead atoms. The molecule has 5 nitrogen and oxygen atoms in total. The largest absolute Gasteiger partial charge is 0.469 e. The van der Waals surface area contributed by atoms with Gasteiger partial charge in [0, 0.05) is 34.6 Å². The molecule has 0 saturated heterocycles. The van der Waals surface area contributed by atoms with Crippen LogP contribution in [0.15, 0.2) is 70.8 Å². The first kappa shape index (κ1) is 19.5. The zero-order chi connectivity index (χ0) is 20.2. The summed E-state index contributed by atoms with van der Waals surface area (Å²) in [6.45, 7) is 2.21. The summed E-state index contributed by atoms with van der Waals surface area (Å²) >= 11 is 7.52. The summed E-state index contributed by atoms with van der Waals surface area (Å²) in [5.74, 6) is 0.813. The molecule has 0 aliphatic rings. The monoisotopic (exact) mass is 425 g/mol. The predicted octanol–water partition coefficient (Wildman–Crippen LogP) is 5.27. The minimum atomic E-state index is -0.0454. The van der Waals surface area contributed by atoms with E-state index in [0.29, 0.717) is 11.4 Å². The Hall–Kier alpha value is -2.83. The van der Waals surface area contributed by atoms with Crippen LogP contribution in [0.25, 0.3) is 22.0 Å². The number of aromatic nitrogens is 2. The summed E-state index contributed by atoms with van der Waals surface area (Å²) in [5, 5.41) is 6.61. The highest BCUT2D eigenvalue weighted by molar-refractivity contribution is 7.13. The number of nitrogens with one attached hydrogen (secondary N) is 1. The summed E-state index contributed by atoms with van der Waals surface area (Å²) in [5.41, 5.74) is 2.83. The molecule has 0 spiro atoms. The lowest BCUT2D eigenvalue weighted by Crippen LogP contribution is -2.36. The summed E-state index contributed by atoms with van der Waals surface area (Å²) in [7, 11) is 0. The van der Waals surface area contributed by atoms with Crippen LogP contribution in [0.4, 0.5) is 0 Å². The molecule has 3 aromatic heterocycles. The lowest BCUT2D eigenvalue weighted by atomic mass is 10.2. The van der Waals surface area contributed by atoms with Gasteiger partial charge in [-0.3, -0.25) is 4.79 Å². The number of nitrogens with zero attached hydrogens (tertiary/aromatic N) is 2. The summed E-state index contributed by atoms with van der Waals surface area (Å²) < 4.78 is 7.26. The number of carbonyl (C=O) groups excluding carboxylic acids is 1. The van der Waals surface area contributed by atoms with Crippen molar-refractivity contribution in [1.82, 2.24) is 14.9 Å². The van der Waals surface area contributed by atoms with Gasteiger partial charge in [0.05, 0.1) is 17.7 Å². The fraction of sp³-hybridized carbons (Fsp3) is 0.182. The van der Waals surface area contributed by atoms with Crippen LogP contribution in [-0.2, 0) is 17.8 Å². The third-order valence-electron chi connectivity index (χ3n) is 4.50. The third-order valence-corrected chi connectivity index (χ3v) is 5.62. The van der Waals surface area contributed by atoms with E-state index >= 15 is 0 Å². The summed E-state index contributed by atoms with van der Waals surface area (Å²) in [6.07, 6.45) is 4.20. The number of hydrogen-bond acceptors (Lipinski definition) is 4. The Morgan fingerprint density at radius 2 is 2.07 bits per heavy atom. The van der Waals surface area contributed by atoms with Gasteiger partial charge in [-0.1, -0.05) is 23.7 Å². The Bertz CT molecular complexity index is 1080. The fourth-order valence-electron chi connectivity index (χ4n) is 3.15. The van der Waals surface area contributed by atoms with E-state index in [2.05, 4.69) is 5.32 Å². The van der Waals surface area contributed by atoms with Crippen molar-refractivity contribution < 1.29 is 9.21 Å². The van der Waals surface area contributed by atoms with Gasteiger partial charge >= 0.3 is 0 Å². The van der Waals surface area contributed by atoms with Crippen molar-refractivity contribution >= 4 is 28.8 Å². The Labute approximate surface area is 178 Å². The molecule has 0 radical (unpaired) electrons. The normalized spacial score (nSPS) is 12.1. The molecule has 1 aromatic carbocycles. The van der Waals surface area contributed by atoms with Crippen molar-refractivity contribution in [2.24, 2.45) is 0 Å². The third kappa shape index (κ3) is 4.78. The van der Waals surface area contributed by atoms with Gasteiger partial charge in [0.1, 0.15) is 17.3 Å². The second kappa shape index (κ2) is 8.68. The second-order valence-corrected chi connectivity index (χ2v) is 8.11. The molecule has 148 valence electrons. The molecule has 7 heteroatoms. The molecule has 0 aliphatic heterocycles. The van der Waals surface area contributed by atoms with E-state index < -0.39 is 0 Å². The Morgan fingerprint density at radius 1 is 1.24 bits per heavy atom. The minimum absolute atomic E-state index is 0.0102. The average Bonchev–Trinajstić information content (AvgIpc) is 3.43. The van der Waals surface area contributed by atoms with Crippen molar-refractivity contribution in [3.05, 3.63) is 77.2 Å². The van der Waals surface area contributed by atoms with Gasteiger partial charge in [0.15, 0.2) is 0 Å². The maximum atomic E-state index is 12.5. The molecular formula is C22H20ClN3O2S. The van der Waals surface area contributed by atoms with E-state index in [1.54, 1.807) is 17.6 Å². The number of halogens is 1. The fourth-order valence-corrected chi connectivity index (χ4v) is 4.14. The smallest absolute Gasteiger partial charge is 0.240 e. The van der Waals surface area contributed by atoms with Gasteiger partial charge in [-0.2, -0.15) is 0 Å². The molecule has 1 amide bonds. The number of furan rings is 1. The van der Waals surface area contributed by atoms with Gasteiger partial charge in [0.2, 0.25) is 5.91 Å². The first-order valence-electron chi connectivity index (χ1n) is 9.27. The quantitative estimate of drug-likeness (QED) is 0.438. The summed E-state index contributed by atoms with van der Waals surface area (Å²) in [6, 6.07) is 15.3. The molecule has 0 unspecified atom stereocenters. The van der Waals surface area contributed by atoms with Crippen molar-refractivity contribution in [2.45, 2.75) is 25.9 Å². The molecule has 1 atom stereocenters. The van der Waals surface area contributed by atoms with E-state index in [0.717, 1.165) is 27.7 Å². The Balaban J connectivity index is 1.43. The van der Waals surface area contributed by atoms with E-state index in [-0.39, 0.29) is 18.5 Å². The van der Waals surface area contributed by atoms with Gasteiger partial charge in [-0.25, -0.2) is 4.98 Å². The lowest BCUT2D eigenvalue weighted by molar-refractivity contribution is -0.122. The highest BCUT2D eigenvalue weighted by atomic mass is 35.5. The Kier molecular flexibility index (Phi) is 5.83. The van der Waals surface area contributed by atoms with Gasteiger partial charge in [-0.05, 0) is 43.3 Å². The first-order chi connectivity index (χ1) is 14.1. The average molecular weight is 426 g/mol. The van der Waals surface area contributed by atoms with Gasteiger partial charge < -0.3 is 14.3 Å².